The van der Waals surface area contributed by atoms with Gasteiger partial charge in [0.1, 0.15) is 12.1 Å². The van der Waals surface area contributed by atoms with Crippen molar-refractivity contribution in [2.24, 2.45) is 5.92 Å². The van der Waals surface area contributed by atoms with E-state index in [9.17, 15) is 13.2 Å². The van der Waals surface area contributed by atoms with E-state index in [1.54, 1.807) is 0 Å². The quantitative estimate of drug-likeness (QED) is 0.501. The molecule has 0 aromatic heterocycles. The van der Waals surface area contributed by atoms with Crippen molar-refractivity contribution in [3.05, 3.63) is 0 Å². The van der Waals surface area contributed by atoms with E-state index in [1.165, 1.54) is 0 Å². The molecule has 54 valence electrons. The number of nitrogens with one attached hydrogen (secondary N) is 1. The van der Waals surface area contributed by atoms with E-state index in [1.807, 2.05) is 0 Å². The van der Waals surface area contributed by atoms with E-state index >= 15 is 0 Å². The van der Waals surface area contributed by atoms with Gasteiger partial charge in [0.2, 0.25) is 0 Å². The lowest BCUT2D eigenvalue weighted by Crippen LogP contribution is -2.58. The Kier molecular flexibility index (Phi) is 1.40. The second-order valence-corrected chi connectivity index (χ2v) is 2.00. The summed E-state index contributed by atoms with van der Waals surface area (Å²) >= 11 is 0. The van der Waals surface area contributed by atoms with Crippen LogP contribution in [-0.4, -0.2) is 24.1 Å². The highest BCUT2D eigenvalue weighted by Crippen LogP contribution is 2.31. The molecule has 1 aliphatic rings. The zero-order valence-corrected chi connectivity index (χ0v) is 4.44. The van der Waals surface area contributed by atoms with Crippen molar-refractivity contribution >= 4 is 0 Å². The molecule has 0 aromatic carbocycles. The highest BCUT2D eigenvalue weighted by atomic mass is 19.4. The lowest BCUT2D eigenvalue weighted by molar-refractivity contribution is -0.228. The fraction of sp³-hybridized carbons (Fsp3) is 1.00. The van der Waals surface area contributed by atoms with Gasteiger partial charge in [-0.1, -0.05) is 0 Å². The van der Waals surface area contributed by atoms with Crippen molar-refractivity contribution in [3.63, 3.8) is 0 Å². The number of hydrogen-bond acceptors (Lipinski definition) is 2. The number of hydrogen-bond donors (Lipinski definition) is 2. The van der Waals surface area contributed by atoms with Crippen LogP contribution in [0.1, 0.15) is 0 Å². The van der Waals surface area contributed by atoms with Gasteiger partial charge >= 0.3 is 6.18 Å². The van der Waals surface area contributed by atoms with Gasteiger partial charge in [-0.05, 0) is 0 Å². The number of halogens is 3. The van der Waals surface area contributed by atoms with Crippen LogP contribution in [0.2, 0.25) is 0 Å². The predicted molar refractivity (Wildman–Crippen MR) is 23.6 cm³/mol. The zero-order valence-electron chi connectivity index (χ0n) is 4.44. The smallest absolute Gasteiger partial charge is 0.378 e. The maximum absolute atomic E-state index is 11.6. The van der Waals surface area contributed by atoms with Crippen molar-refractivity contribution in [3.8, 4) is 0 Å². The van der Waals surface area contributed by atoms with Crippen LogP contribution in [0, 0.1) is 5.92 Å². The van der Waals surface area contributed by atoms with E-state index in [-0.39, 0.29) is 6.54 Å². The highest BCUT2D eigenvalue weighted by Gasteiger charge is 2.49. The monoisotopic (exact) mass is 141 g/mol. The Bertz CT molecular complexity index is 113. The summed E-state index contributed by atoms with van der Waals surface area (Å²) in [4.78, 5) is 0. The summed E-state index contributed by atoms with van der Waals surface area (Å²) in [7, 11) is 0. The van der Waals surface area contributed by atoms with Gasteiger partial charge in [-0.2, -0.15) is 13.2 Å². The lowest BCUT2D eigenvalue weighted by Gasteiger charge is -2.34. The van der Waals surface area contributed by atoms with Crippen LogP contribution < -0.4 is 5.32 Å². The van der Waals surface area contributed by atoms with Crippen LogP contribution in [0.4, 0.5) is 13.2 Å². The van der Waals surface area contributed by atoms with E-state index in [0.29, 0.717) is 0 Å². The molecule has 1 aliphatic heterocycles. The Morgan fingerprint density at radius 2 is 2.00 bits per heavy atom. The van der Waals surface area contributed by atoms with Gasteiger partial charge in [0.25, 0.3) is 0 Å². The van der Waals surface area contributed by atoms with Crippen molar-refractivity contribution in [1.82, 2.24) is 5.32 Å². The van der Waals surface area contributed by atoms with Crippen molar-refractivity contribution in [2.45, 2.75) is 12.4 Å². The molecule has 5 heteroatoms. The molecule has 2 N–H and O–H groups in total. The van der Waals surface area contributed by atoms with Gasteiger partial charge in [0.15, 0.2) is 0 Å². The summed E-state index contributed by atoms with van der Waals surface area (Å²) in [6.07, 6.45) is -5.63. The van der Waals surface area contributed by atoms with Gasteiger partial charge < -0.3 is 5.11 Å². The van der Waals surface area contributed by atoms with Crippen LogP contribution in [0.25, 0.3) is 0 Å². The molecule has 0 aliphatic carbocycles. The van der Waals surface area contributed by atoms with E-state index in [0.717, 1.165) is 0 Å². The van der Waals surface area contributed by atoms with Crippen molar-refractivity contribution in [1.29, 1.82) is 0 Å². The molecule has 1 rings (SSSR count). The minimum Gasteiger partial charge on any atom is -0.378 e. The Labute approximate surface area is 49.7 Å². The fourth-order valence-electron chi connectivity index (χ4n) is 0.636. The number of alkyl halides is 3. The van der Waals surface area contributed by atoms with Crippen LogP contribution in [0.3, 0.4) is 0 Å². The minimum atomic E-state index is -4.25. The van der Waals surface area contributed by atoms with E-state index < -0.39 is 18.3 Å². The number of rotatable bonds is 0. The first-order chi connectivity index (χ1) is 4.02. The average Bonchev–Trinajstić information content (AvgIpc) is 1.57. The molecule has 1 saturated heterocycles. The molecule has 2 unspecified atom stereocenters. The maximum atomic E-state index is 11.6. The Morgan fingerprint density at radius 1 is 1.44 bits per heavy atom. The Hall–Kier alpha value is -0.290. The molecule has 1 fully saturated rings. The maximum Gasteiger partial charge on any atom is 0.396 e. The third kappa shape index (κ3) is 1.16. The Balaban J connectivity index is 2.44. The van der Waals surface area contributed by atoms with Crippen LogP contribution >= 0.6 is 0 Å². The molecular weight excluding hydrogens is 135 g/mol. The summed E-state index contributed by atoms with van der Waals surface area (Å²) in [6.45, 7) is -0.162. The summed E-state index contributed by atoms with van der Waals surface area (Å²) in [5.41, 5.74) is 0. The third-order valence-corrected chi connectivity index (χ3v) is 1.35. The minimum absolute atomic E-state index is 0.162. The van der Waals surface area contributed by atoms with Crippen LogP contribution in [0.15, 0.2) is 0 Å². The first kappa shape index (κ1) is 6.82. The van der Waals surface area contributed by atoms with E-state index in [2.05, 4.69) is 5.32 Å². The third-order valence-electron chi connectivity index (χ3n) is 1.35. The molecule has 0 radical (unpaired) electrons. The molecule has 0 aromatic rings. The van der Waals surface area contributed by atoms with Gasteiger partial charge in [-0.3, -0.25) is 5.32 Å². The van der Waals surface area contributed by atoms with Crippen molar-refractivity contribution in [2.75, 3.05) is 6.54 Å². The average molecular weight is 141 g/mol. The first-order valence-electron chi connectivity index (χ1n) is 2.50. The molecule has 1 heterocycles. The standard InChI is InChI=1S/C4H6F3NO/c5-4(6,7)2-1-8-3(2)9/h2-3,8-9H,1H2. The summed E-state index contributed by atoms with van der Waals surface area (Å²) < 4.78 is 34.7. The molecule has 0 bridgehead atoms. The lowest BCUT2D eigenvalue weighted by atomic mass is 10.0. The molecule has 0 saturated carbocycles. The SMILES string of the molecule is OC1NCC1C(F)(F)F. The van der Waals surface area contributed by atoms with Crippen LogP contribution in [-0.2, 0) is 0 Å². The largest absolute Gasteiger partial charge is 0.396 e. The summed E-state index contributed by atoms with van der Waals surface area (Å²) in [5, 5.41) is 10.6. The van der Waals surface area contributed by atoms with Crippen LogP contribution in [0.5, 0.6) is 0 Å². The number of aliphatic hydroxyl groups excluding tert-OH is 1. The molecule has 9 heavy (non-hydrogen) atoms. The molecule has 0 spiro atoms. The first-order valence-corrected chi connectivity index (χ1v) is 2.50. The normalized spacial score (nSPS) is 36.0. The topological polar surface area (TPSA) is 32.3 Å². The highest BCUT2D eigenvalue weighted by molar-refractivity contribution is 4.84. The molecule has 0 amide bonds. The predicted octanol–water partition coefficient (Wildman–Crippen LogP) is 0.0865. The molecular formula is C4H6F3NO. The van der Waals surface area contributed by atoms with Gasteiger partial charge in [0.05, 0.1) is 0 Å². The molecule has 2 nitrogen and oxygen atoms in total. The van der Waals surface area contributed by atoms with E-state index in [4.69, 9.17) is 5.11 Å². The fourth-order valence-corrected chi connectivity index (χ4v) is 0.636. The Morgan fingerprint density at radius 3 is 2.00 bits per heavy atom. The second kappa shape index (κ2) is 1.85. The van der Waals surface area contributed by atoms with Gasteiger partial charge in [-0.15, -0.1) is 0 Å². The van der Waals surface area contributed by atoms with Gasteiger partial charge in [-0.25, -0.2) is 0 Å². The van der Waals surface area contributed by atoms with Gasteiger partial charge in [0, 0.05) is 6.54 Å². The molecule has 2 atom stereocenters. The van der Waals surface area contributed by atoms with Crippen molar-refractivity contribution < 1.29 is 18.3 Å². The zero-order chi connectivity index (χ0) is 7.07. The summed E-state index contributed by atoms with van der Waals surface area (Å²) in [6, 6.07) is 0. The summed E-state index contributed by atoms with van der Waals surface area (Å²) in [5.74, 6) is -1.56. The number of aliphatic hydroxyl groups is 1. The second-order valence-electron chi connectivity index (χ2n) is 2.00.